The van der Waals surface area contributed by atoms with Gasteiger partial charge in [-0.3, -0.25) is 4.79 Å². The topological polar surface area (TPSA) is 67.5 Å². The molecule has 0 bridgehead atoms. The number of hydrogen-bond acceptors (Lipinski definition) is 4. The lowest BCUT2D eigenvalue weighted by Gasteiger charge is -2.31. The van der Waals surface area contributed by atoms with E-state index >= 15 is 0 Å². The molecule has 1 aliphatic rings. The summed E-state index contributed by atoms with van der Waals surface area (Å²) >= 11 is 6.49. The number of benzene rings is 2. The van der Waals surface area contributed by atoms with E-state index in [1.165, 1.54) is 0 Å². The van der Waals surface area contributed by atoms with Crippen LogP contribution >= 0.6 is 11.6 Å². The van der Waals surface area contributed by atoms with Crippen LogP contribution in [0, 0.1) is 0 Å². The molecule has 0 saturated carbocycles. The number of hydrogen-bond donors (Lipinski definition) is 1. The number of nitrogens with one attached hydrogen (secondary N) is 1. The number of carbonyl (C=O) groups is 1. The molecular weight excluding hydrogens is 426 g/mol. The van der Waals surface area contributed by atoms with Gasteiger partial charge in [-0.15, -0.1) is 0 Å². The zero-order valence-electron chi connectivity index (χ0n) is 18.7. The molecule has 1 aliphatic heterocycles. The van der Waals surface area contributed by atoms with Crippen LogP contribution in [0.1, 0.15) is 61.6 Å². The summed E-state index contributed by atoms with van der Waals surface area (Å²) in [5.74, 6) is 2.34. The summed E-state index contributed by atoms with van der Waals surface area (Å²) in [5, 5.41) is 0.410. The van der Waals surface area contributed by atoms with E-state index in [1.807, 2.05) is 36.1 Å². The highest BCUT2D eigenvalue weighted by molar-refractivity contribution is 6.32. The maximum Gasteiger partial charge on any atom is 0.254 e. The molecule has 1 saturated heterocycles. The van der Waals surface area contributed by atoms with Gasteiger partial charge in [0, 0.05) is 24.6 Å². The first-order chi connectivity index (χ1) is 15.6. The number of aromatic amines is 1. The van der Waals surface area contributed by atoms with Gasteiger partial charge in [-0.05, 0) is 50.5 Å². The molecule has 0 unspecified atom stereocenters. The van der Waals surface area contributed by atoms with Crippen molar-refractivity contribution >= 4 is 28.5 Å². The van der Waals surface area contributed by atoms with Gasteiger partial charge < -0.3 is 19.4 Å². The SMILES string of the molecule is CCCCOc1c(Cl)cc(C(=O)N2CCC(c3nc4ccccc4[nH]3)CC2)cc1OCC. The fraction of sp³-hybridized carbons (Fsp3) is 0.440. The monoisotopic (exact) mass is 455 g/mol. The molecule has 170 valence electrons. The first-order valence-corrected chi connectivity index (χ1v) is 11.8. The Kier molecular flexibility index (Phi) is 7.20. The van der Waals surface area contributed by atoms with Gasteiger partial charge in [0.25, 0.3) is 5.91 Å². The van der Waals surface area contributed by atoms with Gasteiger partial charge in [0.2, 0.25) is 0 Å². The van der Waals surface area contributed by atoms with E-state index in [2.05, 4.69) is 11.9 Å². The third kappa shape index (κ3) is 4.85. The third-order valence-corrected chi connectivity index (χ3v) is 6.16. The van der Waals surface area contributed by atoms with E-state index in [0.717, 1.165) is 42.5 Å². The molecule has 2 heterocycles. The molecule has 3 aromatic rings. The largest absolute Gasteiger partial charge is 0.490 e. The second kappa shape index (κ2) is 10.3. The Morgan fingerprint density at radius 1 is 1.19 bits per heavy atom. The highest BCUT2D eigenvalue weighted by Crippen LogP contribution is 2.38. The van der Waals surface area contributed by atoms with E-state index < -0.39 is 0 Å². The number of H-pyrrole nitrogens is 1. The highest BCUT2D eigenvalue weighted by Gasteiger charge is 2.27. The number of likely N-dealkylation sites (tertiary alicyclic amines) is 1. The van der Waals surface area contributed by atoms with Gasteiger partial charge in [-0.25, -0.2) is 4.98 Å². The van der Waals surface area contributed by atoms with Crippen LogP contribution in [0.15, 0.2) is 36.4 Å². The van der Waals surface area contributed by atoms with Gasteiger partial charge in [-0.1, -0.05) is 37.1 Å². The maximum atomic E-state index is 13.2. The van der Waals surface area contributed by atoms with Crippen molar-refractivity contribution in [2.45, 2.75) is 45.4 Å². The number of piperidine rings is 1. The van der Waals surface area contributed by atoms with Crippen LogP contribution in [0.2, 0.25) is 5.02 Å². The minimum absolute atomic E-state index is 0.0315. The van der Waals surface area contributed by atoms with Crippen molar-refractivity contribution in [1.82, 2.24) is 14.9 Å². The first kappa shape index (κ1) is 22.5. The van der Waals surface area contributed by atoms with Crippen molar-refractivity contribution in [3.8, 4) is 11.5 Å². The molecule has 1 N–H and O–H groups in total. The highest BCUT2D eigenvalue weighted by atomic mass is 35.5. The number of rotatable bonds is 8. The summed E-state index contributed by atoms with van der Waals surface area (Å²) in [6.07, 6.45) is 3.70. The molecule has 1 aromatic heterocycles. The van der Waals surface area contributed by atoms with E-state index in [4.69, 9.17) is 26.1 Å². The van der Waals surface area contributed by atoms with Crippen molar-refractivity contribution in [2.75, 3.05) is 26.3 Å². The molecule has 1 fully saturated rings. The van der Waals surface area contributed by atoms with E-state index in [1.54, 1.807) is 12.1 Å². The quantitative estimate of drug-likeness (QED) is 0.435. The minimum atomic E-state index is -0.0315. The van der Waals surface area contributed by atoms with Crippen molar-refractivity contribution in [3.05, 3.63) is 52.8 Å². The van der Waals surface area contributed by atoms with Gasteiger partial charge in [-0.2, -0.15) is 0 Å². The first-order valence-electron chi connectivity index (χ1n) is 11.4. The van der Waals surface area contributed by atoms with Crippen molar-refractivity contribution in [3.63, 3.8) is 0 Å². The van der Waals surface area contributed by atoms with E-state index in [-0.39, 0.29) is 5.91 Å². The van der Waals surface area contributed by atoms with Crippen molar-refractivity contribution < 1.29 is 14.3 Å². The Morgan fingerprint density at radius 2 is 1.97 bits per heavy atom. The number of imidazole rings is 1. The number of fused-ring (bicyclic) bond motifs is 1. The number of unbranched alkanes of at least 4 members (excludes halogenated alkanes) is 1. The summed E-state index contributed by atoms with van der Waals surface area (Å²) < 4.78 is 11.6. The average molecular weight is 456 g/mol. The number of aromatic nitrogens is 2. The number of halogens is 1. The summed E-state index contributed by atoms with van der Waals surface area (Å²) in [6.45, 7) is 6.41. The molecule has 7 heteroatoms. The van der Waals surface area contributed by atoms with Crippen LogP contribution in [-0.2, 0) is 0 Å². The van der Waals surface area contributed by atoms with Gasteiger partial charge in [0.05, 0.1) is 29.3 Å². The van der Waals surface area contributed by atoms with Crippen LogP contribution in [-0.4, -0.2) is 47.1 Å². The smallest absolute Gasteiger partial charge is 0.254 e. The van der Waals surface area contributed by atoms with Gasteiger partial charge in [0.15, 0.2) is 11.5 Å². The van der Waals surface area contributed by atoms with Crippen LogP contribution < -0.4 is 9.47 Å². The van der Waals surface area contributed by atoms with Crippen LogP contribution in [0.3, 0.4) is 0 Å². The third-order valence-electron chi connectivity index (χ3n) is 5.88. The predicted octanol–water partition coefficient (Wildman–Crippen LogP) is 5.81. The molecule has 2 aromatic carbocycles. The zero-order chi connectivity index (χ0) is 22.5. The zero-order valence-corrected chi connectivity index (χ0v) is 19.5. The Hall–Kier alpha value is -2.73. The summed E-state index contributed by atoms with van der Waals surface area (Å²) in [5.41, 5.74) is 2.57. The fourth-order valence-corrected chi connectivity index (χ4v) is 4.38. The standard InChI is InChI=1S/C25H30ClN3O3/c1-3-5-14-32-23-19(26)15-18(16-22(23)31-4-2)25(30)29-12-10-17(11-13-29)24-27-20-8-6-7-9-21(20)28-24/h6-9,15-17H,3-5,10-14H2,1-2H3,(H,27,28). The number of ether oxygens (including phenoxy) is 2. The molecule has 4 rings (SSSR count). The normalized spacial score (nSPS) is 14.7. The minimum Gasteiger partial charge on any atom is -0.490 e. The second-order valence-corrected chi connectivity index (χ2v) is 8.53. The lowest BCUT2D eigenvalue weighted by Crippen LogP contribution is -2.38. The van der Waals surface area contributed by atoms with Crippen LogP contribution in [0.4, 0.5) is 0 Å². The van der Waals surface area contributed by atoms with Crippen molar-refractivity contribution in [1.29, 1.82) is 0 Å². The molecule has 1 amide bonds. The Bertz CT molecular complexity index is 1040. The molecule has 0 spiro atoms. The number of para-hydroxylation sites is 2. The fourth-order valence-electron chi connectivity index (χ4n) is 4.12. The Labute approximate surface area is 193 Å². The summed E-state index contributed by atoms with van der Waals surface area (Å²) in [4.78, 5) is 23.3. The molecule has 32 heavy (non-hydrogen) atoms. The molecule has 6 nitrogen and oxygen atoms in total. The second-order valence-electron chi connectivity index (χ2n) is 8.13. The van der Waals surface area contributed by atoms with Gasteiger partial charge >= 0.3 is 0 Å². The number of nitrogens with zero attached hydrogens (tertiary/aromatic N) is 2. The number of carbonyl (C=O) groups excluding carboxylic acids is 1. The Morgan fingerprint density at radius 3 is 2.69 bits per heavy atom. The molecule has 0 atom stereocenters. The van der Waals surface area contributed by atoms with Crippen LogP contribution in [0.5, 0.6) is 11.5 Å². The predicted molar refractivity (Wildman–Crippen MR) is 127 cm³/mol. The summed E-state index contributed by atoms with van der Waals surface area (Å²) in [7, 11) is 0. The number of amides is 1. The maximum absolute atomic E-state index is 13.2. The lowest BCUT2D eigenvalue weighted by atomic mass is 9.95. The van der Waals surface area contributed by atoms with E-state index in [0.29, 0.717) is 54.3 Å². The van der Waals surface area contributed by atoms with Crippen LogP contribution in [0.25, 0.3) is 11.0 Å². The summed E-state index contributed by atoms with van der Waals surface area (Å²) in [6, 6.07) is 11.5. The van der Waals surface area contributed by atoms with Gasteiger partial charge in [0.1, 0.15) is 5.82 Å². The molecular formula is C25H30ClN3O3. The molecule has 0 aliphatic carbocycles. The lowest BCUT2D eigenvalue weighted by molar-refractivity contribution is 0.0710. The molecule has 0 radical (unpaired) electrons. The van der Waals surface area contributed by atoms with Crippen molar-refractivity contribution in [2.24, 2.45) is 0 Å². The van der Waals surface area contributed by atoms with E-state index in [9.17, 15) is 4.79 Å². The Balaban J connectivity index is 1.45. The average Bonchev–Trinajstić information content (AvgIpc) is 3.25.